The van der Waals surface area contributed by atoms with Gasteiger partial charge in [0.05, 0.1) is 42.3 Å². The first-order valence-corrected chi connectivity index (χ1v) is 13.0. The molecule has 1 aliphatic heterocycles. The summed E-state index contributed by atoms with van der Waals surface area (Å²) in [6.45, 7) is 2.75. The van der Waals surface area contributed by atoms with E-state index in [-0.39, 0.29) is 0 Å². The molecule has 0 bridgehead atoms. The van der Waals surface area contributed by atoms with Crippen LogP contribution in [0.25, 0.3) is 10.9 Å². The predicted molar refractivity (Wildman–Crippen MR) is 142 cm³/mol. The number of methoxy groups -OCH3 is 1. The summed E-state index contributed by atoms with van der Waals surface area (Å²) < 4.78 is 47.3. The second-order valence-electron chi connectivity index (χ2n) is 10.0. The van der Waals surface area contributed by atoms with Gasteiger partial charge in [0.2, 0.25) is 5.88 Å². The molecule has 1 saturated heterocycles. The molecule has 1 atom stereocenters. The number of aliphatic hydroxyl groups is 1. The lowest BCUT2D eigenvalue weighted by Gasteiger charge is -2.35. The van der Waals surface area contributed by atoms with Gasteiger partial charge >= 0.3 is 6.18 Å². The SMILES string of the molecule is COc1nc2ccc(C(O)(c3cnnn3C)c3cnc(C)n3C)cc2c(Cl)c1CN1CCN(CC(F)(F)F)CC1. The second kappa shape index (κ2) is 10.6. The number of piperazine rings is 1. The van der Waals surface area contributed by atoms with Gasteiger partial charge < -0.3 is 14.4 Å². The van der Waals surface area contributed by atoms with Gasteiger partial charge in [0.25, 0.3) is 0 Å². The molecular formula is C26H30ClF3N8O2. The molecular weight excluding hydrogens is 549 g/mol. The van der Waals surface area contributed by atoms with Crippen LogP contribution in [0, 0.1) is 6.92 Å². The summed E-state index contributed by atoms with van der Waals surface area (Å²) in [5, 5.41) is 21.3. The van der Waals surface area contributed by atoms with Gasteiger partial charge in [-0.3, -0.25) is 9.80 Å². The Balaban J connectivity index is 1.54. The minimum absolute atomic E-state index is 0.292. The Morgan fingerprint density at radius 1 is 1.05 bits per heavy atom. The van der Waals surface area contributed by atoms with Crippen molar-refractivity contribution < 1.29 is 23.0 Å². The van der Waals surface area contributed by atoms with E-state index in [0.29, 0.717) is 82.9 Å². The van der Waals surface area contributed by atoms with Crippen LogP contribution in [0.5, 0.6) is 5.88 Å². The zero-order chi connectivity index (χ0) is 28.8. The molecule has 1 fully saturated rings. The molecule has 40 heavy (non-hydrogen) atoms. The first-order chi connectivity index (χ1) is 18.9. The number of rotatable bonds is 7. The second-order valence-corrected chi connectivity index (χ2v) is 10.4. The summed E-state index contributed by atoms with van der Waals surface area (Å²) in [6, 6.07) is 5.31. The first kappa shape index (κ1) is 28.3. The molecule has 3 aromatic heterocycles. The van der Waals surface area contributed by atoms with Crippen LogP contribution in [0.1, 0.15) is 28.3 Å². The van der Waals surface area contributed by atoms with E-state index >= 15 is 0 Å². The molecule has 10 nitrogen and oxygen atoms in total. The van der Waals surface area contributed by atoms with Crippen LogP contribution < -0.4 is 4.74 Å². The third-order valence-electron chi connectivity index (χ3n) is 7.52. The van der Waals surface area contributed by atoms with Crippen molar-refractivity contribution in [3.05, 3.63) is 64.0 Å². The maximum absolute atomic E-state index is 12.8. The normalized spacial score (nSPS) is 16.9. The summed E-state index contributed by atoms with van der Waals surface area (Å²) >= 11 is 6.99. The van der Waals surface area contributed by atoms with Crippen LogP contribution in [0.4, 0.5) is 13.2 Å². The Hall–Kier alpha value is -3.26. The largest absolute Gasteiger partial charge is 0.481 e. The lowest BCUT2D eigenvalue weighted by molar-refractivity contribution is -0.149. The number of hydrogen-bond donors (Lipinski definition) is 1. The van der Waals surface area contributed by atoms with Crippen molar-refractivity contribution >= 4 is 22.5 Å². The molecule has 0 spiro atoms. The quantitative estimate of drug-likeness (QED) is 0.357. The summed E-state index contributed by atoms with van der Waals surface area (Å²) in [5.41, 5.74) is 0.986. The molecule has 1 aliphatic rings. The van der Waals surface area contributed by atoms with E-state index in [4.69, 9.17) is 16.3 Å². The Labute approximate surface area is 233 Å². The molecule has 4 heterocycles. The van der Waals surface area contributed by atoms with Crippen molar-refractivity contribution in [3.8, 4) is 5.88 Å². The Morgan fingerprint density at radius 2 is 1.75 bits per heavy atom. The van der Waals surface area contributed by atoms with Crippen molar-refractivity contribution in [2.45, 2.75) is 25.2 Å². The lowest BCUT2D eigenvalue weighted by atomic mass is 9.86. The third-order valence-corrected chi connectivity index (χ3v) is 7.95. The van der Waals surface area contributed by atoms with Crippen LogP contribution in [-0.4, -0.2) is 90.4 Å². The highest BCUT2D eigenvalue weighted by Crippen LogP contribution is 2.40. The number of pyridine rings is 1. The fourth-order valence-corrected chi connectivity index (χ4v) is 5.53. The number of imidazole rings is 1. The molecule has 14 heteroatoms. The number of aryl methyl sites for hydroxylation is 2. The molecule has 4 aromatic rings. The minimum Gasteiger partial charge on any atom is -0.481 e. The number of benzene rings is 1. The first-order valence-electron chi connectivity index (χ1n) is 12.7. The molecule has 0 amide bonds. The molecule has 0 saturated carbocycles. The highest BCUT2D eigenvalue weighted by atomic mass is 35.5. The number of ether oxygens (including phenoxy) is 1. The Morgan fingerprint density at radius 3 is 2.33 bits per heavy atom. The lowest BCUT2D eigenvalue weighted by Crippen LogP contribution is -2.48. The zero-order valence-electron chi connectivity index (χ0n) is 22.6. The average molecular weight is 579 g/mol. The number of alkyl halides is 3. The van der Waals surface area contributed by atoms with Gasteiger partial charge in [-0.1, -0.05) is 22.9 Å². The number of hydrogen-bond acceptors (Lipinski definition) is 8. The Kier molecular flexibility index (Phi) is 7.50. The number of aromatic nitrogens is 6. The molecule has 0 radical (unpaired) electrons. The van der Waals surface area contributed by atoms with Crippen LogP contribution in [0.2, 0.25) is 5.02 Å². The van der Waals surface area contributed by atoms with Gasteiger partial charge in [0.1, 0.15) is 11.5 Å². The molecule has 1 unspecified atom stereocenters. The summed E-state index contributed by atoms with van der Waals surface area (Å²) in [4.78, 5) is 12.5. The van der Waals surface area contributed by atoms with Crippen LogP contribution in [-0.2, 0) is 26.2 Å². The standard InChI is InChI=1S/C26H30ClF3N8O2/c1-16-31-12-21(35(16)2)26(39,22-13-32-34-36(22)3)17-5-6-20-18(11-17)23(27)19(24(33-20)40-4)14-37-7-9-38(10-8-37)15-25(28,29)30/h5-6,11-13,39H,7-10,14-15H2,1-4H3. The predicted octanol–water partition coefficient (Wildman–Crippen LogP) is 3.03. The number of fused-ring (bicyclic) bond motifs is 1. The van der Waals surface area contributed by atoms with E-state index in [1.54, 1.807) is 36.0 Å². The molecule has 214 valence electrons. The highest BCUT2D eigenvalue weighted by Gasteiger charge is 2.40. The average Bonchev–Trinajstić information content (AvgIpc) is 3.50. The zero-order valence-corrected chi connectivity index (χ0v) is 23.3. The molecule has 0 aliphatic carbocycles. The monoisotopic (exact) mass is 578 g/mol. The van der Waals surface area contributed by atoms with E-state index < -0.39 is 18.3 Å². The van der Waals surface area contributed by atoms with Crippen molar-refractivity contribution in [3.63, 3.8) is 0 Å². The van der Waals surface area contributed by atoms with Crippen molar-refractivity contribution in [2.24, 2.45) is 14.1 Å². The van der Waals surface area contributed by atoms with E-state index in [0.717, 1.165) is 0 Å². The highest BCUT2D eigenvalue weighted by molar-refractivity contribution is 6.36. The maximum Gasteiger partial charge on any atom is 0.401 e. The summed E-state index contributed by atoms with van der Waals surface area (Å²) in [7, 11) is 5.02. The van der Waals surface area contributed by atoms with Crippen molar-refractivity contribution in [2.75, 3.05) is 39.8 Å². The van der Waals surface area contributed by atoms with Gasteiger partial charge in [0, 0.05) is 57.8 Å². The number of nitrogens with zero attached hydrogens (tertiary/aromatic N) is 8. The van der Waals surface area contributed by atoms with Crippen molar-refractivity contribution in [1.82, 2.24) is 39.3 Å². The summed E-state index contributed by atoms with van der Waals surface area (Å²) in [5.74, 6) is 1.06. The topological polar surface area (TPSA) is 97.4 Å². The molecule has 1 aromatic carbocycles. The van der Waals surface area contributed by atoms with Gasteiger partial charge in [0.15, 0.2) is 5.60 Å². The van der Waals surface area contributed by atoms with E-state index in [1.807, 2.05) is 18.9 Å². The maximum atomic E-state index is 12.8. The van der Waals surface area contributed by atoms with Crippen LogP contribution >= 0.6 is 11.6 Å². The fourth-order valence-electron chi connectivity index (χ4n) is 5.24. The Bertz CT molecular complexity index is 1530. The van der Waals surface area contributed by atoms with Gasteiger partial charge in [-0.2, -0.15) is 13.2 Å². The number of halogens is 4. The van der Waals surface area contributed by atoms with E-state index in [9.17, 15) is 18.3 Å². The van der Waals surface area contributed by atoms with E-state index in [1.165, 1.54) is 22.9 Å². The van der Waals surface area contributed by atoms with E-state index in [2.05, 4.69) is 20.3 Å². The third kappa shape index (κ3) is 5.14. The van der Waals surface area contributed by atoms with Crippen molar-refractivity contribution in [1.29, 1.82) is 0 Å². The smallest absolute Gasteiger partial charge is 0.401 e. The molecule has 1 N–H and O–H groups in total. The van der Waals surface area contributed by atoms with Gasteiger partial charge in [-0.25, -0.2) is 14.6 Å². The van der Waals surface area contributed by atoms with Gasteiger partial charge in [-0.15, -0.1) is 5.10 Å². The minimum atomic E-state index is -4.23. The fraction of sp³-hybridized carbons (Fsp3) is 0.462. The summed E-state index contributed by atoms with van der Waals surface area (Å²) in [6.07, 6.45) is -1.11. The molecule has 5 rings (SSSR count). The van der Waals surface area contributed by atoms with Crippen LogP contribution in [0.15, 0.2) is 30.6 Å². The van der Waals surface area contributed by atoms with Gasteiger partial charge in [-0.05, 0) is 24.6 Å². The van der Waals surface area contributed by atoms with Crippen LogP contribution in [0.3, 0.4) is 0 Å².